The molecule has 0 bridgehead atoms. The molecule has 3 N–H and O–H groups in total. The number of anilines is 1. The highest BCUT2D eigenvalue weighted by molar-refractivity contribution is 8.00. The lowest BCUT2D eigenvalue weighted by Crippen LogP contribution is -2.43. The fourth-order valence-electron chi connectivity index (χ4n) is 3.00. The first-order valence-corrected chi connectivity index (χ1v) is 10.4. The van der Waals surface area contributed by atoms with E-state index in [0.29, 0.717) is 23.6 Å². The van der Waals surface area contributed by atoms with Gasteiger partial charge < -0.3 is 16.0 Å². The molecule has 144 valence electrons. The van der Waals surface area contributed by atoms with Crippen LogP contribution in [0.5, 0.6) is 0 Å². The standard InChI is InChI=1S/C20H32N4OS/c1-15(2)11-18(25)24-17-8-5-7-16(12-17)13-22-19(21-4)23-14-20(3)9-6-10-26-20/h5,7-8,12,15H,6,9-11,13-14H2,1-4H3,(H,24,25)(H2,21,22,23). The molecular weight excluding hydrogens is 344 g/mol. The summed E-state index contributed by atoms with van der Waals surface area (Å²) in [6, 6.07) is 7.94. The van der Waals surface area contributed by atoms with E-state index in [2.05, 4.69) is 27.9 Å². The molecule has 1 aliphatic rings. The van der Waals surface area contributed by atoms with Gasteiger partial charge >= 0.3 is 0 Å². The van der Waals surface area contributed by atoms with Gasteiger partial charge in [-0.3, -0.25) is 9.79 Å². The minimum Gasteiger partial charge on any atom is -0.355 e. The quantitative estimate of drug-likeness (QED) is 0.502. The second kappa shape index (κ2) is 9.86. The smallest absolute Gasteiger partial charge is 0.224 e. The number of nitrogens with zero attached hydrogens (tertiary/aromatic N) is 1. The van der Waals surface area contributed by atoms with Crippen LogP contribution in [0, 0.1) is 5.92 Å². The lowest BCUT2D eigenvalue weighted by atomic mass is 10.1. The molecule has 1 aliphatic heterocycles. The van der Waals surface area contributed by atoms with Crippen LogP contribution >= 0.6 is 11.8 Å². The lowest BCUT2D eigenvalue weighted by Gasteiger charge is -2.24. The first kappa shape index (κ1) is 20.6. The molecule has 0 radical (unpaired) electrons. The molecule has 1 fully saturated rings. The normalized spacial score (nSPS) is 20.3. The van der Waals surface area contributed by atoms with Crippen LogP contribution in [-0.2, 0) is 11.3 Å². The van der Waals surface area contributed by atoms with Crippen molar-refractivity contribution >= 4 is 29.3 Å². The second-order valence-corrected chi connectivity index (χ2v) is 9.21. The number of amides is 1. The molecule has 26 heavy (non-hydrogen) atoms. The summed E-state index contributed by atoms with van der Waals surface area (Å²) in [5, 5.41) is 9.76. The van der Waals surface area contributed by atoms with E-state index in [-0.39, 0.29) is 5.91 Å². The van der Waals surface area contributed by atoms with Gasteiger partial charge in [-0.25, -0.2) is 0 Å². The van der Waals surface area contributed by atoms with Crippen molar-refractivity contribution in [3.05, 3.63) is 29.8 Å². The van der Waals surface area contributed by atoms with Crippen molar-refractivity contribution < 1.29 is 4.79 Å². The zero-order chi connectivity index (χ0) is 19.0. The van der Waals surface area contributed by atoms with E-state index in [9.17, 15) is 4.79 Å². The van der Waals surface area contributed by atoms with Crippen molar-refractivity contribution in [3.8, 4) is 0 Å². The van der Waals surface area contributed by atoms with E-state index in [1.54, 1.807) is 7.05 Å². The third-order valence-electron chi connectivity index (χ3n) is 4.42. The zero-order valence-corrected chi connectivity index (χ0v) is 17.2. The van der Waals surface area contributed by atoms with Gasteiger partial charge in [0.25, 0.3) is 0 Å². The van der Waals surface area contributed by atoms with Gasteiger partial charge in [0.15, 0.2) is 5.96 Å². The number of benzene rings is 1. The molecule has 1 unspecified atom stereocenters. The number of rotatable bonds is 7. The van der Waals surface area contributed by atoms with Crippen LogP contribution in [0.25, 0.3) is 0 Å². The third-order valence-corrected chi connectivity index (χ3v) is 5.96. The molecule has 1 amide bonds. The summed E-state index contributed by atoms with van der Waals surface area (Å²) < 4.78 is 0.304. The topological polar surface area (TPSA) is 65.5 Å². The minimum absolute atomic E-state index is 0.0601. The van der Waals surface area contributed by atoms with Gasteiger partial charge in [0, 0.05) is 37.0 Å². The Morgan fingerprint density at radius 1 is 1.35 bits per heavy atom. The SMILES string of the molecule is CN=C(NCc1cccc(NC(=O)CC(C)C)c1)NCC1(C)CCCS1. The van der Waals surface area contributed by atoms with Crippen LogP contribution < -0.4 is 16.0 Å². The van der Waals surface area contributed by atoms with Crippen molar-refractivity contribution in [2.45, 2.75) is 51.3 Å². The summed E-state index contributed by atoms with van der Waals surface area (Å²) in [5.74, 6) is 2.48. The average molecular weight is 377 g/mol. The molecule has 2 rings (SSSR count). The molecule has 0 saturated carbocycles. The molecule has 0 aromatic heterocycles. The van der Waals surface area contributed by atoms with Gasteiger partial charge in [0.05, 0.1) is 0 Å². The fraction of sp³-hybridized carbons (Fsp3) is 0.600. The van der Waals surface area contributed by atoms with Gasteiger partial charge in [-0.1, -0.05) is 26.0 Å². The first-order valence-electron chi connectivity index (χ1n) is 9.37. The molecule has 0 spiro atoms. The highest BCUT2D eigenvalue weighted by Gasteiger charge is 2.29. The number of hydrogen-bond acceptors (Lipinski definition) is 3. The summed E-state index contributed by atoms with van der Waals surface area (Å²) in [6.45, 7) is 7.99. The van der Waals surface area contributed by atoms with E-state index < -0.39 is 0 Å². The summed E-state index contributed by atoms with van der Waals surface area (Å²) in [6.07, 6.45) is 3.08. The maximum Gasteiger partial charge on any atom is 0.224 e. The molecular formula is C20H32N4OS. The van der Waals surface area contributed by atoms with Gasteiger partial charge in [-0.05, 0) is 49.1 Å². The van der Waals surface area contributed by atoms with Crippen LogP contribution in [0.2, 0.25) is 0 Å². The van der Waals surface area contributed by atoms with Crippen LogP contribution in [0.15, 0.2) is 29.3 Å². The average Bonchev–Trinajstić information content (AvgIpc) is 3.01. The Morgan fingerprint density at radius 3 is 2.81 bits per heavy atom. The summed E-state index contributed by atoms with van der Waals surface area (Å²) in [4.78, 5) is 16.2. The Kier molecular flexibility index (Phi) is 7.82. The highest BCUT2D eigenvalue weighted by atomic mass is 32.2. The number of nitrogens with one attached hydrogen (secondary N) is 3. The highest BCUT2D eigenvalue weighted by Crippen LogP contribution is 2.36. The first-order chi connectivity index (χ1) is 12.4. The Hall–Kier alpha value is -1.69. The van der Waals surface area contributed by atoms with Gasteiger partial charge in [0.2, 0.25) is 5.91 Å². The number of carbonyl (C=O) groups is 1. The zero-order valence-electron chi connectivity index (χ0n) is 16.4. The molecule has 1 atom stereocenters. The van der Waals surface area contributed by atoms with Crippen LogP contribution in [-0.4, -0.2) is 36.0 Å². The number of aliphatic imine (C=N–C) groups is 1. The van der Waals surface area contributed by atoms with Crippen LogP contribution in [0.1, 0.15) is 45.6 Å². The van der Waals surface area contributed by atoms with Gasteiger partial charge in [-0.2, -0.15) is 11.8 Å². The Morgan fingerprint density at radius 2 is 2.15 bits per heavy atom. The number of carbonyl (C=O) groups excluding carboxylic acids is 1. The largest absolute Gasteiger partial charge is 0.355 e. The molecule has 1 saturated heterocycles. The molecule has 5 nitrogen and oxygen atoms in total. The number of guanidine groups is 1. The summed E-state index contributed by atoms with van der Waals surface area (Å²) in [7, 11) is 1.79. The second-order valence-electron chi connectivity index (χ2n) is 7.53. The molecule has 6 heteroatoms. The van der Waals surface area contributed by atoms with Crippen molar-refractivity contribution in [1.29, 1.82) is 0 Å². The Labute approximate surface area is 161 Å². The fourth-order valence-corrected chi connectivity index (χ4v) is 4.24. The number of thioether (sulfide) groups is 1. The summed E-state index contributed by atoms with van der Waals surface area (Å²) >= 11 is 2.04. The molecule has 1 aromatic rings. The van der Waals surface area contributed by atoms with E-state index >= 15 is 0 Å². The van der Waals surface area contributed by atoms with Gasteiger partial charge in [0.1, 0.15) is 0 Å². The predicted molar refractivity (Wildman–Crippen MR) is 113 cm³/mol. The maximum atomic E-state index is 11.9. The van der Waals surface area contributed by atoms with Crippen molar-refractivity contribution in [1.82, 2.24) is 10.6 Å². The van der Waals surface area contributed by atoms with E-state index in [4.69, 9.17) is 0 Å². The summed E-state index contributed by atoms with van der Waals surface area (Å²) in [5.41, 5.74) is 1.95. The predicted octanol–water partition coefficient (Wildman–Crippen LogP) is 3.62. The lowest BCUT2D eigenvalue weighted by molar-refractivity contribution is -0.116. The van der Waals surface area contributed by atoms with Gasteiger partial charge in [-0.15, -0.1) is 0 Å². The Balaban J connectivity index is 1.83. The molecule has 1 aromatic carbocycles. The van der Waals surface area contributed by atoms with Crippen molar-refractivity contribution in [3.63, 3.8) is 0 Å². The van der Waals surface area contributed by atoms with Crippen LogP contribution in [0.4, 0.5) is 5.69 Å². The van der Waals surface area contributed by atoms with Crippen molar-refractivity contribution in [2.75, 3.05) is 24.7 Å². The Bertz CT molecular complexity index is 624. The minimum atomic E-state index is 0.0601. The molecule has 0 aliphatic carbocycles. The molecule has 1 heterocycles. The maximum absolute atomic E-state index is 11.9. The van der Waals surface area contributed by atoms with E-state index in [1.807, 2.05) is 49.9 Å². The van der Waals surface area contributed by atoms with Crippen molar-refractivity contribution in [2.24, 2.45) is 10.9 Å². The third kappa shape index (κ3) is 6.90. The number of hydrogen-bond donors (Lipinski definition) is 3. The van der Waals surface area contributed by atoms with Crippen LogP contribution in [0.3, 0.4) is 0 Å². The van der Waals surface area contributed by atoms with E-state index in [0.717, 1.165) is 23.8 Å². The monoisotopic (exact) mass is 376 g/mol. The van der Waals surface area contributed by atoms with E-state index in [1.165, 1.54) is 18.6 Å².